The lowest BCUT2D eigenvalue weighted by atomic mass is 10.1. The number of aromatic nitrogens is 2. The minimum absolute atomic E-state index is 1.07. The SMILES string of the molecule is Brc1cccc(-c2cnn(-c3ccccc3)c2)c1. The van der Waals surface area contributed by atoms with Crippen LogP contribution in [0.1, 0.15) is 0 Å². The summed E-state index contributed by atoms with van der Waals surface area (Å²) >= 11 is 3.48. The van der Waals surface area contributed by atoms with Gasteiger partial charge in [0, 0.05) is 16.2 Å². The van der Waals surface area contributed by atoms with Crippen molar-refractivity contribution in [2.45, 2.75) is 0 Å². The van der Waals surface area contributed by atoms with Gasteiger partial charge >= 0.3 is 0 Å². The molecule has 0 unspecified atom stereocenters. The first kappa shape index (κ1) is 11.2. The Bertz CT molecular complexity index is 659. The van der Waals surface area contributed by atoms with Crippen molar-refractivity contribution in [2.24, 2.45) is 0 Å². The van der Waals surface area contributed by atoms with E-state index in [-0.39, 0.29) is 0 Å². The molecule has 0 radical (unpaired) electrons. The molecule has 0 amide bonds. The van der Waals surface area contributed by atoms with Gasteiger partial charge in [0.15, 0.2) is 0 Å². The van der Waals surface area contributed by atoms with Crippen molar-refractivity contribution in [3.63, 3.8) is 0 Å². The van der Waals surface area contributed by atoms with E-state index in [0.717, 1.165) is 21.3 Å². The Hall–Kier alpha value is -1.87. The number of benzene rings is 2. The number of nitrogens with zero attached hydrogens (tertiary/aromatic N) is 2. The van der Waals surface area contributed by atoms with E-state index in [2.05, 4.69) is 33.2 Å². The average molecular weight is 299 g/mol. The van der Waals surface area contributed by atoms with Crippen molar-refractivity contribution in [1.82, 2.24) is 9.78 Å². The van der Waals surface area contributed by atoms with Gasteiger partial charge in [-0.05, 0) is 29.8 Å². The van der Waals surface area contributed by atoms with Gasteiger partial charge in [-0.25, -0.2) is 4.68 Å². The van der Waals surface area contributed by atoms with Crippen molar-refractivity contribution >= 4 is 15.9 Å². The van der Waals surface area contributed by atoms with Gasteiger partial charge in [0.1, 0.15) is 0 Å². The molecule has 0 aliphatic rings. The lowest BCUT2D eigenvalue weighted by molar-refractivity contribution is 0.881. The monoisotopic (exact) mass is 298 g/mol. The highest BCUT2D eigenvalue weighted by atomic mass is 79.9. The summed E-state index contributed by atoms with van der Waals surface area (Å²) in [6, 6.07) is 18.3. The van der Waals surface area contributed by atoms with Gasteiger partial charge in [-0.2, -0.15) is 5.10 Å². The second-order valence-corrected chi connectivity index (χ2v) is 4.94. The summed E-state index contributed by atoms with van der Waals surface area (Å²) in [5.74, 6) is 0. The van der Waals surface area contributed by atoms with Crippen molar-refractivity contribution in [3.05, 3.63) is 71.5 Å². The Morgan fingerprint density at radius 3 is 2.50 bits per heavy atom. The zero-order valence-corrected chi connectivity index (χ0v) is 11.2. The summed E-state index contributed by atoms with van der Waals surface area (Å²) in [5, 5.41) is 4.39. The van der Waals surface area contributed by atoms with Crippen LogP contribution in [-0.4, -0.2) is 9.78 Å². The van der Waals surface area contributed by atoms with E-state index < -0.39 is 0 Å². The van der Waals surface area contributed by atoms with E-state index in [0.29, 0.717) is 0 Å². The van der Waals surface area contributed by atoms with E-state index >= 15 is 0 Å². The number of hydrogen-bond acceptors (Lipinski definition) is 1. The van der Waals surface area contributed by atoms with E-state index in [1.807, 2.05) is 59.5 Å². The number of halogens is 1. The molecule has 3 rings (SSSR count). The predicted octanol–water partition coefficient (Wildman–Crippen LogP) is 4.30. The van der Waals surface area contributed by atoms with E-state index in [1.165, 1.54) is 0 Å². The maximum atomic E-state index is 4.39. The molecule has 1 heterocycles. The predicted molar refractivity (Wildman–Crippen MR) is 76.7 cm³/mol. The van der Waals surface area contributed by atoms with Crippen LogP contribution in [0.3, 0.4) is 0 Å². The summed E-state index contributed by atoms with van der Waals surface area (Å²) in [7, 11) is 0. The molecule has 0 saturated carbocycles. The molecule has 2 aromatic carbocycles. The molecule has 0 N–H and O–H groups in total. The van der Waals surface area contributed by atoms with Crippen LogP contribution in [-0.2, 0) is 0 Å². The number of rotatable bonds is 2. The summed E-state index contributed by atoms with van der Waals surface area (Å²) in [6.07, 6.45) is 3.92. The molecular formula is C15H11BrN2. The third-order valence-corrected chi connectivity index (χ3v) is 3.25. The molecule has 0 bridgehead atoms. The maximum Gasteiger partial charge on any atom is 0.0645 e. The first-order chi connectivity index (χ1) is 8.83. The summed E-state index contributed by atoms with van der Waals surface area (Å²) in [6.45, 7) is 0. The Kier molecular flexibility index (Phi) is 2.99. The van der Waals surface area contributed by atoms with Crippen LogP contribution < -0.4 is 0 Å². The first-order valence-electron chi connectivity index (χ1n) is 5.69. The standard InChI is InChI=1S/C15H11BrN2/c16-14-6-4-5-12(9-14)13-10-17-18(11-13)15-7-2-1-3-8-15/h1-11H. The zero-order chi connectivity index (χ0) is 12.4. The van der Waals surface area contributed by atoms with Crippen LogP contribution in [0.25, 0.3) is 16.8 Å². The number of hydrogen-bond donors (Lipinski definition) is 0. The van der Waals surface area contributed by atoms with E-state index in [1.54, 1.807) is 0 Å². The Labute approximate surface area is 114 Å². The largest absolute Gasteiger partial charge is 0.240 e. The van der Waals surface area contributed by atoms with Crippen LogP contribution in [0, 0.1) is 0 Å². The van der Waals surface area contributed by atoms with Crippen LogP contribution in [0.4, 0.5) is 0 Å². The van der Waals surface area contributed by atoms with Crippen molar-refractivity contribution in [3.8, 4) is 16.8 Å². The fraction of sp³-hybridized carbons (Fsp3) is 0. The lowest BCUT2D eigenvalue weighted by Crippen LogP contribution is -1.92. The summed E-state index contributed by atoms with van der Waals surface area (Å²) in [5.41, 5.74) is 3.34. The van der Waals surface area contributed by atoms with Gasteiger partial charge < -0.3 is 0 Å². The van der Waals surface area contributed by atoms with Gasteiger partial charge in [-0.1, -0.05) is 46.3 Å². The average Bonchev–Trinajstić information content (AvgIpc) is 2.89. The Balaban J connectivity index is 2.00. The molecule has 2 nitrogen and oxygen atoms in total. The molecule has 0 fully saturated rings. The molecular weight excluding hydrogens is 288 g/mol. The van der Waals surface area contributed by atoms with Crippen molar-refractivity contribution in [1.29, 1.82) is 0 Å². The second kappa shape index (κ2) is 4.78. The fourth-order valence-corrected chi connectivity index (χ4v) is 2.26. The highest BCUT2D eigenvalue weighted by molar-refractivity contribution is 9.10. The molecule has 3 aromatic rings. The normalized spacial score (nSPS) is 10.5. The molecule has 0 spiro atoms. The fourth-order valence-electron chi connectivity index (χ4n) is 1.86. The van der Waals surface area contributed by atoms with Crippen LogP contribution >= 0.6 is 15.9 Å². The Morgan fingerprint density at radius 2 is 1.72 bits per heavy atom. The van der Waals surface area contributed by atoms with Crippen LogP contribution in [0.5, 0.6) is 0 Å². The molecule has 1 aromatic heterocycles. The lowest BCUT2D eigenvalue weighted by Gasteiger charge is -2.00. The zero-order valence-electron chi connectivity index (χ0n) is 9.62. The van der Waals surface area contributed by atoms with Gasteiger partial charge in [-0.3, -0.25) is 0 Å². The van der Waals surface area contributed by atoms with Crippen molar-refractivity contribution < 1.29 is 0 Å². The quantitative estimate of drug-likeness (QED) is 0.690. The third-order valence-electron chi connectivity index (χ3n) is 2.76. The van der Waals surface area contributed by atoms with E-state index in [4.69, 9.17) is 0 Å². The molecule has 88 valence electrons. The number of para-hydroxylation sites is 1. The molecule has 0 atom stereocenters. The minimum atomic E-state index is 1.07. The molecule has 3 heteroatoms. The summed E-state index contributed by atoms with van der Waals surface area (Å²) in [4.78, 5) is 0. The topological polar surface area (TPSA) is 17.8 Å². The van der Waals surface area contributed by atoms with Crippen molar-refractivity contribution in [2.75, 3.05) is 0 Å². The smallest absolute Gasteiger partial charge is 0.0645 e. The third kappa shape index (κ3) is 2.22. The van der Waals surface area contributed by atoms with Gasteiger partial charge in [0.25, 0.3) is 0 Å². The van der Waals surface area contributed by atoms with Crippen LogP contribution in [0.15, 0.2) is 71.5 Å². The highest BCUT2D eigenvalue weighted by Gasteiger charge is 2.03. The molecule has 0 aliphatic carbocycles. The second-order valence-electron chi connectivity index (χ2n) is 4.02. The molecule has 0 saturated heterocycles. The molecule has 0 aliphatic heterocycles. The Morgan fingerprint density at radius 1 is 0.889 bits per heavy atom. The minimum Gasteiger partial charge on any atom is -0.240 e. The van der Waals surface area contributed by atoms with Gasteiger partial charge in [0.2, 0.25) is 0 Å². The van der Waals surface area contributed by atoms with Gasteiger partial charge in [0.05, 0.1) is 11.9 Å². The molecule has 18 heavy (non-hydrogen) atoms. The van der Waals surface area contributed by atoms with Gasteiger partial charge in [-0.15, -0.1) is 0 Å². The first-order valence-corrected chi connectivity index (χ1v) is 6.48. The highest BCUT2D eigenvalue weighted by Crippen LogP contribution is 2.23. The van der Waals surface area contributed by atoms with Crippen LogP contribution in [0.2, 0.25) is 0 Å². The maximum absolute atomic E-state index is 4.39. The summed E-state index contributed by atoms with van der Waals surface area (Å²) < 4.78 is 2.96. The van der Waals surface area contributed by atoms with E-state index in [9.17, 15) is 0 Å².